The summed E-state index contributed by atoms with van der Waals surface area (Å²) >= 11 is 0. The van der Waals surface area contributed by atoms with Gasteiger partial charge in [0.05, 0.1) is 28.4 Å². The van der Waals surface area contributed by atoms with Gasteiger partial charge in [0.1, 0.15) is 0 Å². The molecule has 0 bridgehead atoms. The lowest BCUT2D eigenvalue weighted by Gasteiger charge is -2.15. The van der Waals surface area contributed by atoms with Gasteiger partial charge in [-0.2, -0.15) is 0 Å². The third-order valence-electron chi connectivity index (χ3n) is 5.54. The summed E-state index contributed by atoms with van der Waals surface area (Å²) < 4.78 is 20.7. The van der Waals surface area contributed by atoms with E-state index in [0.717, 1.165) is 38.5 Å². The molecular weight excluding hydrogens is 416 g/mol. The average molecular weight is 451 g/mol. The van der Waals surface area contributed by atoms with Crippen molar-refractivity contribution in [3.8, 4) is 46.0 Å². The number of unbranched alkanes of at least 4 members (excludes halogenated alkanes) is 5. The molecule has 0 fully saturated rings. The van der Waals surface area contributed by atoms with Crippen LogP contribution in [0.2, 0.25) is 0 Å². The van der Waals surface area contributed by atoms with E-state index in [4.69, 9.17) is 18.9 Å². The smallest absolute Gasteiger partial charge is 0.167 e. The van der Waals surface area contributed by atoms with E-state index < -0.39 is 0 Å². The van der Waals surface area contributed by atoms with Gasteiger partial charge in [-0.1, -0.05) is 25.7 Å². The summed E-state index contributed by atoms with van der Waals surface area (Å²) in [7, 11) is 5.79. The van der Waals surface area contributed by atoms with Gasteiger partial charge in [0, 0.05) is 23.3 Å². The topological polar surface area (TPSA) is 118 Å². The van der Waals surface area contributed by atoms with Crippen molar-refractivity contribution >= 4 is 0 Å². The molecular formula is C24H34O8. The highest BCUT2D eigenvalue weighted by Gasteiger charge is 2.19. The van der Waals surface area contributed by atoms with Crippen LogP contribution in [0.25, 0.3) is 0 Å². The summed E-state index contributed by atoms with van der Waals surface area (Å²) in [6.45, 7) is 0. The maximum Gasteiger partial charge on any atom is 0.167 e. The van der Waals surface area contributed by atoms with Crippen LogP contribution in [0.1, 0.15) is 49.7 Å². The van der Waals surface area contributed by atoms with Crippen LogP contribution in [0.3, 0.4) is 0 Å². The second-order valence-corrected chi connectivity index (χ2v) is 7.54. The second kappa shape index (κ2) is 12.0. The predicted octanol–water partition coefficient (Wildman–Crippen LogP) is 4.67. The Kier molecular flexibility index (Phi) is 9.43. The summed E-state index contributed by atoms with van der Waals surface area (Å²) in [5, 5.41) is 40.8. The maximum absolute atomic E-state index is 10.4. The molecule has 178 valence electrons. The molecule has 0 spiro atoms. The molecule has 0 amide bonds. The average Bonchev–Trinajstić information content (AvgIpc) is 2.79. The lowest BCUT2D eigenvalue weighted by atomic mass is 10.0. The van der Waals surface area contributed by atoms with Crippen molar-refractivity contribution in [3.05, 3.63) is 23.3 Å². The first-order valence-electron chi connectivity index (χ1n) is 10.7. The maximum atomic E-state index is 10.4. The second-order valence-electron chi connectivity index (χ2n) is 7.54. The first-order chi connectivity index (χ1) is 15.4. The zero-order valence-electron chi connectivity index (χ0n) is 19.2. The van der Waals surface area contributed by atoms with E-state index in [-0.39, 0.29) is 46.0 Å². The van der Waals surface area contributed by atoms with E-state index >= 15 is 0 Å². The molecule has 0 saturated carbocycles. The number of methoxy groups -OCH3 is 4. The Morgan fingerprint density at radius 3 is 1.19 bits per heavy atom. The number of hydrogen-bond donors (Lipinski definition) is 4. The molecule has 0 aliphatic carbocycles. The van der Waals surface area contributed by atoms with Crippen LogP contribution in [0.5, 0.6) is 46.0 Å². The molecule has 0 aliphatic heterocycles. The molecule has 2 rings (SSSR count). The van der Waals surface area contributed by atoms with Gasteiger partial charge in [-0.05, 0) is 25.7 Å². The van der Waals surface area contributed by atoms with Crippen LogP contribution in [0.15, 0.2) is 12.1 Å². The SMILES string of the molecule is COc1cc(O)c(OC)c(CCCCCCCCc2c(O)c(OC)cc(O)c2OC)c1O. The van der Waals surface area contributed by atoms with E-state index in [1.807, 2.05) is 0 Å². The van der Waals surface area contributed by atoms with Crippen LogP contribution >= 0.6 is 0 Å². The Balaban J connectivity index is 1.81. The van der Waals surface area contributed by atoms with Gasteiger partial charge in [0.15, 0.2) is 46.0 Å². The monoisotopic (exact) mass is 450 g/mol. The Labute approximate surface area is 188 Å². The third kappa shape index (κ3) is 5.75. The van der Waals surface area contributed by atoms with Crippen LogP contribution in [-0.4, -0.2) is 48.9 Å². The number of ether oxygens (including phenoxy) is 4. The van der Waals surface area contributed by atoms with Crippen molar-refractivity contribution in [1.29, 1.82) is 0 Å². The minimum Gasteiger partial charge on any atom is -0.504 e. The van der Waals surface area contributed by atoms with Crippen molar-refractivity contribution in [3.63, 3.8) is 0 Å². The fraction of sp³-hybridized carbons (Fsp3) is 0.500. The molecule has 0 radical (unpaired) electrons. The molecule has 0 heterocycles. The molecule has 0 unspecified atom stereocenters. The van der Waals surface area contributed by atoms with Crippen molar-refractivity contribution in [2.24, 2.45) is 0 Å². The molecule has 0 saturated heterocycles. The summed E-state index contributed by atoms with van der Waals surface area (Å²) in [5.74, 6) is 0.882. The number of hydrogen-bond acceptors (Lipinski definition) is 8. The molecule has 32 heavy (non-hydrogen) atoms. The van der Waals surface area contributed by atoms with Gasteiger partial charge in [-0.15, -0.1) is 0 Å². The highest BCUT2D eigenvalue weighted by molar-refractivity contribution is 5.60. The number of phenols is 4. The van der Waals surface area contributed by atoms with E-state index in [1.54, 1.807) is 0 Å². The fourth-order valence-corrected chi connectivity index (χ4v) is 3.88. The third-order valence-corrected chi connectivity index (χ3v) is 5.54. The summed E-state index contributed by atoms with van der Waals surface area (Å²) in [6, 6.07) is 2.68. The lowest BCUT2D eigenvalue weighted by Crippen LogP contribution is -1.97. The van der Waals surface area contributed by atoms with Crippen molar-refractivity contribution < 1.29 is 39.4 Å². The largest absolute Gasteiger partial charge is 0.504 e. The number of phenolic OH excluding ortho intramolecular Hbond substituents is 4. The molecule has 8 heteroatoms. The number of benzene rings is 2. The van der Waals surface area contributed by atoms with E-state index in [1.165, 1.54) is 40.6 Å². The Morgan fingerprint density at radius 1 is 0.531 bits per heavy atom. The van der Waals surface area contributed by atoms with Crippen LogP contribution < -0.4 is 18.9 Å². The van der Waals surface area contributed by atoms with Crippen LogP contribution in [0, 0.1) is 0 Å². The van der Waals surface area contributed by atoms with Crippen molar-refractivity contribution in [2.75, 3.05) is 28.4 Å². The first kappa shape index (κ1) is 25.1. The van der Waals surface area contributed by atoms with E-state index in [9.17, 15) is 20.4 Å². The lowest BCUT2D eigenvalue weighted by molar-refractivity contribution is 0.339. The van der Waals surface area contributed by atoms with Gasteiger partial charge in [0.25, 0.3) is 0 Å². The molecule has 0 aliphatic rings. The first-order valence-corrected chi connectivity index (χ1v) is 10.7. The quantitative estimate of drug-likeness (QED) is 0.257. The normalized spacial score (nSPS) is 10.8. The van der Waals surface area contributed by atoms with Gasteiger partial charge < -0.3 is 39.4 Å². The Bertz CT molecular complexity index is 821. The van der Waals surface area contributed by atoms with E-state index in [0.29, 0.717) is 24.0 Å². The van der Waals surface area contributed by atoms with Gasteiger partial charge in [-0.25, -0.2) is 0 Å². The van der Waals surface area contributed by atoms with Gasteiger partial charge in [-0.3, -0.25) is 0 Å². The highest BCUT2D eigenvalue weighted by atomic mass is 16.5. The van der Waals surface area contributed by atoms with Crippen molar-refractivity contribution in [1.82, 2.24) is 0 Å². The number of aromatic hydroxyl groups is 4. The fourth-order valence-electron chi connectivity index (χ4n) is 3.88. The summed E-state index contributed by atoms with van der Waals surface area (Å²) in [4.78, 5) is 0. The minimum atomic E-state index is -0.0561. The van der Waals surface area contributed by atoms with Gasteiger partial charge in [0.2, 0.25) is 0 Å². The summed E-state index contributed by atoms with van der Waals surface area (Å²) in [6.07, 6.45) is 6.70. The Morgan fingerprint density at radius 2 is 0.875 bits per heavy atom. The molecule has 8 nitrogen and oxygen atoms in total. The molecule has 0 atom stereocenters. The molecule has 2 aromatic carbocycles. The number of rotatable bonds is 13. The standard InChI is InChI=1S/C24H34O8/c1-29-19-13-17(25)23(31-3)15(21(19)27)11-9-7-5-6-8-10-12-16-22(28)20(30-2)14-18(26)24(16)32-4/h13-14,25-28H,5-12H2,1-4H3. The predicted molar refractivity (Wildman–Crippen MR) is 121 cm³/mol. The minimum absolute atomic E-state index is 0.00236. The van der Waals surface area contributed by atoms with Crippen molar-refractivity contribution in [2.45, 2.75) is 51.4 Å². The Hall–Kier alpha value is -3.16. The van der Waals surface area contributed by atoms with E-state index in [2.05, 4.69) is 0 Å². The molecule has 0 aromatic heterocycles. The van der Waals surface area contributed by atoms with Crippen LogP contribution in [-0.2, 0) is 12.8 Å². The zero-order chi connectivity index (χ0) is 23.7. The van der Waals surface area contributed by atoms with Crippen LogP contribution in [0.4, 0.5) is 0 Å². The molecule has 2 aromatic rings. The molecule has 4 N–H and O–H groups in total. The highest BCUT2D eigenvalue weighted by Crippen LogP contribution is 2.45. The van der Waals surface area contributed by atoms with Gasteiger partial charge >= 0.3 is 0 Å². The zero-order valence-corrected chi connectivity index (χ0v) is 19.2. The summed E-state index contributed by atoms with van der Waals surface area (Å²) in [5.41, 5.74) is 1.09.